The molecule has 1 saturated carbocycles. The Kier molecular flexibility index (Phi) is 4.24. The molecule has 2 rings (SSSR count). The van der Waals surface area contributed by atoms with E-state index in [9.17, 15) is 8.78 Å². The van der Waals surface area contributed by atoms with E-state index in [0.717, 1.165) is 18.4 Å². The Bertz CT molecular complexity index is 432. The van der Waals surface area contributed by atoms with E-state index in [1.165, 1.54) is 25.0 Å². The molecule has 0 heterocycles. The maximum absolute atomic E-state index is 13.2. The van der Waals surface area contributed by atoms with Gasteiger partial charge in [-0.2, -0.15) is 0 Å². The summed E-state index contributed by atoms with van der Waals surface area (Å²) in [7, 11) is 0. The number of nitrogens with one attached hydrogen (secondary N) is 1. The number of halogens is 2. The summed E-state index contributed by atoms with van der Waals surface area (Å²) in [5, 5.41) is 3.53. The molecule has 1 aromatic carbocycles. The number of rotatable bonds is 3. The minimum atomic E-state index is -0.782. The highest BCUT2D eigenvalue weighted by Gasteiger charge is 2.27. The van der Waals surface area contributed by atoms with Crippen molar-refractivity contribution in [1.82, 2.24) is 5.32 Å². The first-order valence-electron chi connectivity index (χ1n) is 7.08. The molecular formula is C16H23F2N. The van der Waals surface area contributed by atoms with Crippen molar-refractivity contribution in [2.75, 3.05) is 0 Å². The second kappa shape index (κ2) is 5.58. The third-order valence-electron chi connectivity index (χ3n) is 4.27. The lowest BCUT2D eigenvalue weighted by Crippen LogP contribution is -2.37. The van der Waals surface area contributed by atoms with E-state index < -0.39 is 11.6 Å². The van der Waals surface area contributed by atoms with Gasteiger partial charge in [0.15, 0.2) is 11.6 Å². The van der Waals surface area contributed by atoms with Crippen LogP contribution in [-0.2, 0) is 0 Å². The summed E-state index contributed by atoms with van der Waals surface area (Å²) in [6.07, 6.45) is 4.74. The van der Waals surface area contributed by atoms with E-state index >= 15 is 0 Å². The summed E-state index contributed by atoms with van der Waals surface area (Å²) in [5.41, 5.74) is 1.26. The van der Waals surface area contributed by atoms with Crippen LogP contribution in [0.1, 0.15) is 58.1 Å². The molecule has 0 spiro atoms. The van der Waals surface area contributed by atoms with Crippen molar-refractivity contribution >= 4 is 0 Å². The van der Waals surface area contributed by atoms with Gasteiger partial charge in [-0.05, 0) is 55.7 Å². The summed E-state index contributed by atoms with van der Waals surface area (Å²) in [4.78, 5) is 0. The SMILES string of the molecule is CC(NC1CCC(C)(C)CC1)c1ccc(F)c(F)c1. The number of hydrogen-bond donors (Lipinski definition) is 1. The summed E-state index contributed by atoms with van der Waals surface area (Å²) >= 11 is 0. The molecule has 0 radical (unpaired) electrons. The minimum Gasteiger partial charge on any atom is -0.307 e. The van der Waals surface area contributed by atoms with Crippen LogP contribution in [0.3, 0.4) is 0 Å². The zero-order valence-corrected chi connectivity index (χ0v) is 12.0. The molecule has 1 N–H and O–H groups in total. The summed E-state index contributed by atoms with van der Waals surface area (Å²) in [6, 6.07) is 4.69. The number of benzene rings is 1. The van der Waals surface area contributed by atoms with Crippen LogP contribution in [-0.4, -0.2) is 6.04 Å². The smallest absolute Gasteiger partial charge is 0.159 e. The van der Waals surface area contributed by atoms with Crippen LogP contribution in [0, 0.1) is 17.0 Å². The predicted molar refractivity (Wildman–Crippen MR) is 73.9 cm³/mol. The van der Waals surface area contributed by atoms with Gasteiger partial charge in [-0.25, -0.2) is 8.78 Å². The monoisotopic (exact) mass is 267 g/mol. The lowest BCUT2D eigenvalue weighted by molar-refractivity contribution is 0.200. The van der Waals surface area contributed by atoms with Crippen LogP contribution in [0.5, 0.6) is 0 Å². The molecule has 19 heavy (non-hydrogen) atoms. The largest absolute Gasteiger partial charge is 0.307 e. The van der Waals surface area contributed by atoms with Gasteiger partial charge >= 0.3 is 0 Å². The predicted octanol–water partition coefficient (Wildman–Crippen LogP) is 4.58. The van der Waals surface area contributed by atoms with Gasteiger partial charge in [-0.1, -0.05) is 19.9 Å². The Hall–Kier alpha value is -0.960. The average molecular weight is 267 g/mol. The van der Waals surface area contributed by atoms with Gasteiger partial charge in [0.2, 0.25) is 0 Å². The van der Waals surface area contributed by atoms with E-state index in [2.05, 4.69) is 19.2 Å². The maximum Gasteiger partial charge on any atom is 0.159 e. The fourth-order valence-corrected chi connectivity index (χ4v) is 2.80. The third-order valence-corrected chi connectivity index (χ3v) is 4.27. The van der Waals surface area contributed by atoms with Crippen LogP contribution in [0.25, 0.3) is 0 Å². The van der Waals surface area contributed by atoms with Gasteiger partial charge in [-0.3, -0.25) is 0 Å². The Balaban J connectivity index is 1.94. The van der Waals surface area contributed by atoms with Gasteiger partial charge in [0.1, 0.15) is 0 Å². The van der Waals surface area contributed by atoms with E-state index in [0.29, 0.717) is 11.5 Å². The van der Waals surface area contributed by atoms with Crippen LogP contribution in [0.15, 0.2) is 18.2 Å². The molecular weight excluding hydrogens is 244 g/mol. The molecule has 1 aliphatic carbocycles. The van der Waals surface area contributed by atoms with E-state index in [-0.39, 0.29) is 6.04 Å². The second-order valence-corrected chi connectivity index (χ2v) is 6.50. The molecule has 1 nitrogen and oxygen atoms in total. The lowest BCUT2D eigenvalue weighted by atomic mass is 9.75. The Labute approximate surface area is 114 Å². The molecule has 1 aliphatic rings. The van der Waals surface area contributed by atoms with Crippen molar-refractivity contribution in [2.24, 2.45) is 5.41 Å². The molecule has 0 saturated heterocycles. The Morgan fingerprint density at radius 2 is 1.79 bits per heavy atom. The normalized spacial score (nSPS) is 21.3. The van der Waals surface area contributed by atoms with E-state index in [1.54, 1.807) is 6.07 Å². The fourth-order valence-electron chi connectivity index (χ4n) is 2.80. The lowest BCUT2D eigenvalue weighted by Gasteiger charge is -2.36. The van der Waals surface area contributed by atoms with Crippen LogP contribution in [0.4, 0.5) is 8.78 Å². The van der Waals surface area contributed by atoms with Crippen LogP contribution >= 0.6 is 0 Å². The van der Waals surface area contributed by atoms with Crippen molar-refractivity contribution in [3.05, 3.63) is 35.4 Å². The standard InChI is InChI=1S/C16H23F2N/c1-11(12-4-5-14(17)15(18)10-12)19-13-6-8-16(2,3)9-7-13/h4-5,10-11,13,19H,6-9H2,1-3H3. The molecule has 0 amide bonds. The van der Waals surface area contributed by atoms with E-state index in [4.69, 9.17) is 0 Å². The first-order valence-corrected chi connectivity index (χ1v) is 7.08. The van der Waals surface area contributed by atoms with Gasteiger partial charge in [0.05, 0.1) is 0 Å². The van der Waals surface area contributed by atoms with Gasteiger partial charge in [-0.15, -0.1) is 0 Å². The highest BCUT2D eigenvalue weighted by molar-refractivity contribution is 5.20. The molecule has 1 unspecified atom stereocenters. The van der Waals surface area contributed by atoms with Crippen molar-refractivity contribution in [1.29, 1.82) is 0 Å². The van der Waals surface area contributed by atoms with Crippen molar-refractivity contribution in [3.63, 3.8) is 0 Å². The van der Waals surface area contributed by atoms with Crippen molar-refractivity contribution in [3.8, 4) is 0 Å². The Morgan fingerprint density at radius 1 is 1.16 bits per heavy atom. The van der Waals surface area contributed by atoms with Crippen molar-refractivity contribution in [2.45, 2.75) is 58.5 Å². The quantitative estimate of drug-likeness (QED) is 0.845. The fraction of sp³-hybridized carbons (Fsp3) is 0.625. The highest BCUT2D eigenvalue weighted by Crippen LogP contribution is 2.35. The molecule has 0 aromatic heterocycles. The average Bonchev–Trinajstić information content (AvgIpc) is 2.35. The molecule has 1 atom stereocenters. The number of hydrogen-bond acceptors (Lipinski definition) is 1. The zero-order valence-electron chi connectivity index (χ0n) is 12.0. The second-order valence-electron chi connectivity index (χ2n) is 6.50. The van der Waals surface area contributed by atoms with Gasteiger partial charge in [0, 0.05) is 12.1 Å². The minimum absolute atomic E-state index is 0.0568. The topological polar surface area (TPSA) is 12.0 Å². The maximum atomic E-state index is 13.2. The molecule has 0 bridgehead atoms. The summed E-state index contributed by atoms with van der Waals surface area (Å²) in [6.45, 7) is 6.62. The molecule has 0 aliphatic heterocycles. The molecule has 1 fully saturated rings. The third kappa shape index (κ3) is 3.75. The summed E-state index contributed by atoms with van der Waals surface area (Å²) in [5.74, 6) is -1.55. The first kappa shape index (κ1) is 14.4. The first-order chi connectivity index (χ1) is 8.87. The van der Waals surface area contributed by atoms with Crippen molar-refractivity contribution < 1.29 is 8.78 Å². The Morgan fingerprint density at radius 3 is 2.37 bits per heavy atom. The van der Waals surface area contributed by atoms with Gasteiger partial charge in [0.25, 0.3) is 0 Å². The summed E-state index contributed by atoms with van der Waals surface area (Å²) < 4.78 is 26.1. The molecule has 1 aromatic rings. The van der Waals surface area contributed by atoms with E-state index in [1.807, 2.05) is 6.92 Å². The van der Waals surface area contributed by atoms with Gasteiger partial charge < -0.3 is 5.32 Å². The highest BCUT2D eigenvalue weighted by atomic mass is 19.2. The molecule has 106 valence electrons. The molecule has 3 heteroatoms. The zero-order chi connectivity index (χ0) is 14.0. The van der Waals surface area contributed by atoms with Crippen LogP contribution in [0.2, 0.25) is 0 Å². The van der Waals surface area contributed by atoms with Crippen LogP contribution < -0.4 is 5.32 Å².